The molecule has 6 nitrogen and oxygen atoms in total. The van der Waals surface area contributed by atoms with Crippen LogP contribution in [0.25, 0.3) is 11.4 Å². The van der Waals surface area contributed by atoms with Gasteiger partial charge in [-0.3, -0.25) is 4.79 Å². The highest BCUT2D eigenvalue weighted by atomic mass is 16.5. The average molecular weight is 336 g/mol. The largest absolute Gasteiger partial charge is 0.497 e. The fourth-order valence-electron chi connectivity index (χ4n) is 2.38. The van der Waals surface area contributed by atoms with Crippen LogP contribution in [-0.4, -0.2) is 27.8 Å². The molecule has 0 aliphatic rings. The maximum absolute atomic E-state index is 12.2. The Labute approximate surface area is 146 Å². The van der Waals surface area contributed by atoms with Gasteiger partial charge in [0.15, 0.2) is 5.82 Å². The predicted octanol–water partition coefficient (Wildman–Crippen LogP) is 3.62. The third kappa shape index (κ3) is 3.85. The summed E-state index contributed by atoms with van der Waals surface area (Å²) in [5.74, 6) is 1.67. The summed E-state index contributed by atoms with van der Waals surface area (Å²) >= 11 is 0. The van der Waals surface area contributed by atoms with E-state index in [-0.39, 0.29) is 5.91 Å². The summed E-state index contributed by atoms with van der Waals surface area (Å²) in [6.07, 6.45) is 0.356. The van der Waals surface area contributed by atoms with E-state index in [1.54, 1.807) is 14.0 Å². The molecule has 0 spiro atoms. The first-order valence-electron chi connectivity index (χ1n) is 8.13. The van der Waals surface area contributed by atoms with Crippen LogP contribution < -0.4 is 10.1 Å². The highest BCUT2D eigenvalue weighted by molar-refractivity contribution is 5.81. The zero-order chi connectivity index (χ0) is 17.6. The van der Waals surface area contributed by atoms with Gasteiger partial charge in [0, 0.05) is 18.5 Å². The third-order valence-electron chi connectivity index (χ3n) is 3.79. The number of rotatable bonds is 6. The number of benzene rings is 2. The van der Waals surface area contributed by atoms with Gasteiger partial charge in [0.05, 0.1) is 7.11 Å². The standard InChI is InChI=1S/C19H20N4O2/c1-3-17(24)23-19(20-13-14-9-11-16(25-2)12-10-14)21-18(22-23)15-7-5-4-6-8-15/h4-12H,3,13H2,1-2H3,(H,20,21,22). The van der Waals surface area contributed by atoms with Crippen molar-refractivity contribution in [1.82, 2.24) is 14.8 Å². The van der Waals surface area contributed by atoms with Crippen LogP contribution in [0.5, 0.6) is 5.75 Å². The summed E-state index contributed by atoms with van der Waals surface area (Å²) in [6.45, 7) is 2.34. The van der Waals surface area contributed by atoms with Crippen molar-refractivity contribution in [3.63, 3.8) is 0 Å². The Bertz CT molecular complexity index is 842. The van der Waals surface area contributed by atoms with Gasteiger partial charge in [0.1, 0.15) is 5.75 Å². The van der Waals surface area contributed by atoms with Gasteiger partial charge in [0.2, 0.25) is 11.9 Å². The van der Waals surface area contributed by atoms with Gasteiger partial charge in [-0.15, -0.1) is 5.10 Å². The van der Waals surface area contributed by atoms with Gasteiger partial charge in [-0.25, -0.2) is 0 Å². The van der Waals surface area contributed by atoms with E-state index >= 15 is 0 Å². The lowest BCUT2D eigenvalue weighted by Gasteiger charge is -2.07. The van der Waals surface area contributed by atoms with Crippen LogP contribution in [0.4, 0.5) is 5.95 Å². The minimum absolute atomic E-state index is 0.105. The summed E-state index contributed by atoms with van der Waals surface area (Å²) in [7, 11) is 1.64. The topological polar surface area (TPSA) is 69.0 Å². The van der Waals surface area contributed by atoms with E-state index in [9.17, 15) is 4.79 Å². The SMILES string of the molecule is CCC(=O)n1nc(-c2ccccc2)nc1NCc1ccc(OC)cc1. The molecule has 2 aromatic carbocycles. The van der Waals surface area contributed by atoms with Crippen LogP contribution >= 0.6 is 0 Å². The fraction of sp³-hybridized carbons (Fsp3) is 0.211. The molecule has 3 aromatic rings. The molecule has 0 saturated carbocycles. The van der Waals surface area contributed by atoms with Crippen LogP contribution in [-0.2, 0) is 6.54 Å². The molecule has 0 saturated heterocycles. The maximum Gasteiger partial charge on any atom is 0.249 e. The highest BCUT2D eigenvalue weighted by Gasteiger charge is 2.15. The van der Waals surface area contributed by atoms with Crippen molar-refractivity contribution < 1.29 is 9.53 Å². The van der Waals surface area contributed by atoms with Crippen LogP contribution in [0.1, 0.15) is 23.7 Å². The van der Waals surface area contributed by atoms with Gasteiger partial charge in [0.25, 0.3) is 0 Å². The molecule has 1 aromatic heterocycles. The first-order valence-corrected chi connectivity index (χ1v) is 8.13. The Kier molecular flexibility index (Phi) is 5.09. The number of carbonyl (C=O) groups is 1. The predicted molar refractivity (Wildman–Crippen MR) is 96.7 cm³/mol. The van der Waals surface area contributed by atoms with Gasteiger partial charge in [-0.1, -0.05) is 49.4 Å². The molecule has 128 valence electrons. The molecule has 0 aliphatic heterocycles. The van der Waals surface area contributed by atoms with E-state index < -0.39 is 0 Å². The Balaban J connectivity index is 1.83. The normalized spacial score (nSPS) is 10.5. The van der Waals surface area contributed by atoms with Crippen molar-refractivity contribution in [2.75, 3.05) is 12.4 Å². The minimum atomic E-state index is -0.105. The van der Waals surface area contributed by atoms with E-state index in [1.807, 2.05) is 54.6 Å². The van der Waals surface area contributed by atoms with Crippen LogP contribution in [0.2, 0.25) is 0 Å². The molecule has 0 amide bonds. The molecule has 1 N–H and O–H groups in total. The van der Waals surface area contributed by atoms with E-state index in [1.165, 1.54) is 4.68 Å². The van der Waals surface area contributed by atoms with Crippen molar-refractivity contribution in [2.24, 2.45) is 0 Å². The van der Waals surface area contributed by atoms with E-state index in [0.717, 1.165) is 16.9 Å². The Hall–Kier alpha value is -3.15. The van der Waals surface area contributed by atoms with E-state index in [2.05, 4.69) is 15.4 Å². The van der Waals surface area contributed by atoms with Gasteiger partial charge < -0.3 is 10.1 Å². The number of nitrogens with zero attached hydrogens (tertiary/aromatic N) is 3. The van der Waals surface area contributed by atoms with Gasteiger partial charge in [-0.05, 0) is 17.7 Å². The van der Waals surface area contributed by atoms with Crippen LogP contribution in [0.3, 0.4) is 0 Å². The number of hydrogen-bond acceptors (Lipinski definition) is 5. The molecule has 1 heterocycles. The summed E-state index contributed by atoms with van der Waals surface area (Å²) < 4.78 is 6.50. The second-order valence-electron chi connectivity index (χ2n) is 5.49. The molecular weight excluding hydrogens is 316 g/mol. The number of anilines is 1. The highest BCUT2D eigenvalue weighted by Crippen LogP contribution is 2.19. The maximum atomic E-state index is 12.2. The molecule has 25 heavy (non-hydrogen) atoms. The molecular formula is C19H20N4O2. The molecule has 6 heteroatoms. The average Bonchev–Trinajstić information content (AvgIpc) is 3.11. The molecule has 0 atom stereocenters. The number of carbonyl (C=O) groups excluding carboxylic acids is 1. The number of ether oxygens (including phenoxy) is 1. The van der Waals surface area contributed by atoms with Crippen LogP contribution in [0.15, 0.2) is 54.6 Å². The molecule has 0 radical (unpaired) electrons. The number of nitrogens with one attached hydrogen (secondary N) is 1. The zero-order valence-corrected chi connectivity index (χ0v) is 14.3. The summed E-state index contributed by atoms with van der Waals surface area (Å²) in [5, 5.41) is 7.56. The minimum Gasteiger partial charge on any atom is -0.497 e. The zero-order valence-electron chi connectivity index (χ0n) is 14.3. The third-order valence-corrected chi connectivity index (χ3v) is 3.79. The molecule has 0 unspecified atom stereocenters. The van der Waals surface area contributed by atoms with Crippen LogP contribution in [0, 0.1) is 0 Å². The van der Waals surface area contributed by atoms with Gasteiger partial charge in [-0.2, -0.15) is 9.67 Å². The quantitative estimate of drug-likeness (QED) is 0.744. The number of methoxy groups -OCH3 is 1. The number of aromatic nitrogens is 3. The van der Waals surface area contributed by atoms with Gasteiger partial charge >= 0.3 is 0 Å². The smallest absolute Gasteiger partial charge is 0.249 e. The Morgan fingerprint density at radius 2 is 1.84 bits per heavy atom. The Morgan fingerprint density at radius 3 is 2.48 bits per heavy atom. The summed E-state index contributed by atoms with van der Waals surface area (Å²) in [4.78, 5) is 16.7. The second kappa shape index (κ2) is 7.61. The number of hydrogen-bond donors (Lipinski definition) is 1. The van der Waals surface area contributed by atoms with Crippen molar-refractivity contribution >= 4 is 11.9 Å². The Morgan fingerprint density at radius 1 is 1.12 bits per heavy atom. The van der Waals surface area contributed by atoms with Crippen molar-refractivity contribution in [1.29, 1.82) is 0 Å². The molecule has 0 fully saturated rings. The molecule has 0 aliphatic carbocycles. The van der Waals surface area contributed by atoms with Crippen molar-refractivity contribution in [3.05, 3.63) is 60.2 Å². The van der Waals surface area contributed by atoms with Crippen molar-refractivity contribution in [3.8, 4) is 17.1 Å². The van der Waals surface area contributed by atoms with E-state index in [4.69, 9.17) is 4.74 Å². The van der Waals surface area contributed by atoms with E-state index in [0.29, 0.717) is 24.7 Å². The monoisotopic (exact) mass is 336 g/mol. The lowest BCUT2D eigenvalue weighted by atomic mass is 10.2. The second-order valence-corrected chi connectivity index (χ2v) is 5.49. The lowest BCUT2D eigenvalue weighted by Crippen LogP contribution is -2.15. The molecule has 0 bridgehead atoms. The van der Waals surface area contributed by atoms with Crippen molar-refractivity contribution in [2.45, 2.75) is 19.9 Å². The fourth-order valence-corrected chi connectivity index (χ4v) is 2.38. The summed E-state index contributed by atoms with van der Waals surface area (Å²) in [5.41, 5.74) is 1.93. The summed E-state index contributed by atoms with van der Waals surface area (Å²) in [6, 6.07) is 17.3. The first-order chi connectivity index (χ1) is 12.2. The lowest BCUT2D eigenvalue weighted by molar-refractivity contribution is 0.0895. The molecule has 3 rings (SSSR count). The first kappa shape index (κ1) is 16.7.